The molecule has 3 rings (SSSR count). The van der Waals surface area contributed by atoms with Gasteiger partial charge in [0.2, 0.25) is 0 Å². The van der Waals surface area contributed by atoms with Gasteiger partial charge in [-0.25, -0.2) is 0 Å². The molecular weight excluding hydrogens is 292 g/mol. The lowest BCUT2D eigenvalue weighted by atomic mass is 10.1. The van der Waals surface area contributed by atoms with Crippen molar-refractivity contribution in [3.63, 3.8) is 0 Å². The minimum Gasteiger partial charge on any atom is -0.139 e. The molecule has 2 heteroatoms. The number of thiophene rings is 1. The maximum atomic E-state index is 3.78. The number of rotatable bonds is 2. The molecule has 0 nitrogen and oxygen atoms in total. The fraction of sp³-hybridized carbons (Fsp3) is 0.0667. The topological polar surface area (TPSA) is 0 Å². The van der Waals surface area contributed by atoms with Crippen molar-refractivity contribution in [3.05, 3.63) is 71.1 Å². The minimum atomic E-state index is 0.293. The van der Waals surface area contributed by atoms with E-state index in [9.17, 15) is 0 Å². The van der Waals surface area contributed by atoms with E-state index in [1.165, 1.54) is 20.5 Å². The van der Waals surface area contributed by atoms with E-state index < -0.39 is 0 Å². The summed E-state index contributed by atoms with van der Waals surface area (Å²) in [5.74, 6) is 0. The Morgan fingerprint density at radius 1 is 0.882 bits per heavy atom. The first kappa shape index (κ1) is 11.0. The van der Waals surface area contributed by atoms with Crippen molar-refractivity contribution in [2.24, 2.45) is 0 Å². The molecule has 1 atom stereocenters. The van der Waals surface area contributed by atoms with Crippen molar-refractivity contribution in [3.8, 4) is 0 Å². The Kier molecular flexibility index (Phi) is 3.00. The number of alkyl halides is 1. The van der Waals surface area contributed by atoms with Gasteiger partial charge < -0.3 is 0 Å². The Morgan fingerprint density at radius 3 is 2.35 bits per heavy atom. The molecule has 0 aliphatic rings. The summed E-state index contributed by atoms with van der Waals surface area (Å²) < 4.78 is 1.35. The van der Waals surface area contributed by atoms with Gasteiger partial charge in [-0.1, -0.05) is 64.5 Å². The number of hydrogen-bond acceptors (Lipinski definition) is 1. The molecule has 0 saturated carbocycles. The van der Waals surface area contributed by atoms with Crippen molar-refractivity contribution < 1.29 is 0 Å². The maximum absolute atomic E-state index is 3.78. The van der Waals surface area contributed by atoms with Gasteiger partial charge in [0, 0.05) is 9.58 Å². The third-order valence-electron chi connectivity index (χ3n) is 2.79. The predicted molar refractivity (Wildman–Crippen MR) is 79.0 cm³/mol. The molecule has 1 aromatic heterocycles. The van der Waals surface area contributed by atoms with Crippen LogP contribution in [0.2, 0.25) is 0 Å². The maximum Gasteiger partial charge on any atom is 0.0738 e. The predicted octanol–water partition coefficient (Wildman–Crippen LogP) is 5.39. The highest BCUT2D eigenvalue weighted by Gasteiger charge is 2.12. The highest BCUT2D eigenvalue weighted by atomic mass is 79.9. The Balaban J connectivity index is 2.04. The molecule has 0 spiro atoms. The van der Waals surface area contributed by atoms with Crippen LogP contribution < -0.4 is 0 Å². The zero-order valence-electron chi connectivity index (χ0n) is 9.14. The lowest BCUT2D eigenvalue weighted by molar-refractivity contribution is 1.23. The van der Waals surface area contributed by atoms with Gasteiger partial charge in [-0.3, -0.25) is 0 Å². The number of benzene rings is 2. The first-order chi connectivity index (χ1) is 8.34. The lowest BCUT2D eigenvalue weighted by Crippen LogP contribution is -1.87. The summed E-state index contributed by atoms with van der Waals surface area (Å²) in [5.41, 5.74) is 1.30. The summed E-state index contributed by atoms with van der Waals surface area (Å²) in [6.07, 6.45) is 0. The SMILES string of the molecule is BrC(c1ccccc1)c1cc2ccccc2s1. The van der Waals surface area contributed by atoms with Gasteiger partial charge in [-0.05, 0) is 23.1 Å². The van der Waals surface area contributed by atoms with Crippen LogP contribution in [0.5, 0.6) is 0 Å². The molecule has 0 radical (unpaired) electrons. The molecule has 17 heavy (non-hydrogen) atoms. The summed E-state index contributed by atoms with van der Waals surface area (Å²) >= 11 is 5.64. The van der Waals surface area contributed by atoms with Crippen molar-refractivity contribution in [1.82, 2.24) is 0 Å². The minimum absolute atomic E-state index is 0.293. The van der Waals surface area contributed by atoms with Crippen molar-refractivity contribution in [1.29, 1.82) is 0 Å². The fourth-order valence-electron chi connectivity index (χ4n) is 1.91. The highest BCUT2D eigenvalue weighted by Crippen LogP contribution is 2.37. The van der Waals surface area contributed by atoms with Crippen LogP contribution in [0.1, 0.15) is 15.3 Å². The molecule has 1 unspecified atom stereocenters. The van der Waals surface area contributed by atoms with Crippen LogP contribution in [0.3, 0.4) is 0 Å². The Labute approximate surface area is 113 Å². The number of hydrogen-bond donors (Lipinski definition) is 0. The monoisotopic (exact) mass is 302 g/mol. The quantitative estimate of drug-likeness (QED) is 0.557. The zero-order chi connectivity index (χ0) is 11.7. The average Bonchev–Trinajstić information content (AvgIpc) is 2.82. The second-order valence-electron chi connectivity index (χ2n) is 3.96. The molecule has 0 saturated heterocycles. The van der Waals surface area contributed by atoms with Crippen molar-refractivity contribution in [2.45, 2.75) is 4.83 Å². The molecule has 0 N–H and O–H groups in total. The van der Waals surface area contributed by atoms with Crippen LogP contribution in [0.25, 0.3) is 10.1 Å². The van der Waals surface area contributed by atoms with Crippen LogP contribution in [0, 0.1) is 0 Å². The van der Waals surface area contributed by atoms with Crippen molar-refractivity contribution >= 4 is 37.4 Å². The van der Waals surface area contributed by atoms with E-state index in [1.54, 1.807) is 0 Å². The first-order valence-electron chi connectivity index (χ1n) is 5.52. The summed E-state index contributed by atoms with van der Waals surface area (Å²) in [7, 11) is 0. The summed E-state index contributed by atoms with van der Waals surface area (Å²) in [5, 5.41) is 1.33. The third-order valence-corrected chi connectivity index (χ3v) is 5.29. The molecule has 0 fully saturated rings. The second kappa shape index (κ2) is 4.63. The molecule has 0 aliphatic carbocycles. The number of halogens is 1. The molecule has 3 aromatic rings. The van der Waals surface area contributed by atoms with E-state index in [2.05, 4.69) is 70.5 Å². The normalized spacial score (nSPS) is 12.8. The standard InChI is InChI=1S/C15H11BrS/c16-15(11-6-2-1-3-7-11)14-10-12-8-4-5-9-13(12)17-14/h1-10,15H. The van der Waals surface area contributed by atoms with E-state index in [0.29, 0.717) is 4.83 Å². The molecule has 0 amide bonds. The van der Waals surface area contributed by atoms with E-state index in [-0.39, 0.29) is 0 Å². The van der Waals surface area contributed by atoms with Gasteiger partial charge in [-0.2, -0.15) is 0 Å². The molecule has 84 valence electrons. The first-order valence-corrected chi connectivity index (χ1v) is 7.25. The molecule has 2 aromatic carbocycles. The van der Waals surface area contributed by atoms with E-state index >= 15 is 0 Å². The van der Waals surface area contributed by atoms with E-state index in [1.807, 2.05) is 17.4 Å². The van der Waals surface area contributed by atoms with Gasteiger partial charge in [0.25, 0.3) is 0 Å². The lowest BCUT2D eigenvalue weighted by Gasteiger charge is -2.06. The smallest absolute Gasteiger partial charge is 0.0738 e. The van der Waals surface area contributed by atoms with Crippen LogP contribution >= 0.6 is 27.3 Å². The molecule has 0 bridgehead atoms. The van der Waals surface area contributed by atoms with Crippen molar-refractivity contribution in [2.75, 3.05) is 0 Å². The van der Waals surface area contributed by atoms with Gasteiger partial charge in [0.15, 0.2) is 0 Å². The number of fused-ring (bicyclic) bond motifs is 1. The summed E-state index contributed by atoms with van der Waals surface area (Å²) in [6.45, 7) is 0. The average molecular weight is 303 g/mol. The molecular formula is C15H11BrS. The highest BCUT2D eigenvalue weighted by molar-refractivity contribution is 9.09. The van der Waals surface area contributed by atoms with E-state index in [4.69, 9.17) is 0 Å². The van der Waals surface area contributed by atoms with Crippen LogP contribution in [-0.2, 0) is 0 Å². The Bertz CT molecular complexity index is 594. The van der Waals surface area contributed by atoms with E-state index in [0.717, 1.165) is 0 Å². The fourth-order valence-corrected chi connectivity index (χ4v) is 3.70. The van der Waals surface area contributed by atoms with Gasteiger partial charge >= 0.3 is 0 Å². The van der Waals surface area contributed by atoms with Gasteiger partial charge in [0.1, 0.15) is 0 Å². The summed E-state index contributed by atoms with van der Waals surface area (Å²) in [6, 6.07) is 21.3. The molecule has 0 aliphatic heterocycles. The second-order valence-corrected chi connectivity index (χ2v) is 5.99. The van der Waals surface area contributed by atoms with Crippen LogP contribution in [-0.4, -0.2) is 0 Å². The Hall–Kier alpha value is -1.12. The Morgan fingerprint density at radius 2 is 1.59 bits per heavy atom. The third kappa shape index (κ3) is 2.15. The largest absolute Gasteiger partial charge is 0.139 e. The zero-order valence-corrected chi connectivity index (χ0v) is 11.5. The van der Waals surface area contributed by atoms with Crippen LogP contribution in [0.4, 0.5) is 0 Å². The van der Waals surface area contributed by atoms with Gasteiger partial charge in [-0.15, -0.1) is 11.3 Å². The summed E-state index contributed by atoms with van der Waals surface area (Å²) in [4.78, 5) is 1.65. The van der Waals surface area contributed by atoms with Gasteiger partial charge in [0.05, 0.1) is 4.83 Å². The van der Waals surface area contributed by atoms with Crippen LogP contribution in [0.15, 0.2) is 60.7 Å². The molecule has 1 heterocycles.